The van der Waals surface area contributed by atoms with Gasteiger partial charge in [0.1, 0.15) is 12.4 Å². The Labute approximate surface area is 133 Å². The number of hydrogen-bond acceptors (Lipinski definition) is 3. The number of benzene rings is 1. The van der Waals surface area contributed by atoms with Crippen molar-refractivity contribution >= 4 is 15.9 Å². The number of halogens is 1. The van der Waals surface area contributed by atoms with Crippen molar-refractivity contribution in [3.63, 3.8) is 0 Å². The SMILES string of the molecule is CCC(O)c1ccc(OCc2c(Br)c(C)nn2CC)cc1. The highest BCUT2D eigenvalue weighted by Crippen LogP contribution is 2.24. The Balaban J connectivity index is 2.06. The molecule has 1 heterocycles. The van der Waals surface area contributed by atoms with Crippen LogP contribution in [0.25, 0.3) is 0 Å². The molecule has 114 valence electrons. The van der Waals surface area contributed by atoms with Gasteiger partial charge in [0.2, 0.25) is 0 Å². The highest BCUT2D eigenvalue weighted by molar-refractivity contribution is 9.10. The summed E-state index contributed by atoms with van der Waals surface area (Å²) in [6.45, 7) is 7.27. The van der Waals surface area contributed by atoms with E-state index in [0.29, 0.717) is 13.0 Å². The lowest BCUT2D eigenvalue weighted by molar-refractivity contribution is 0.173. The van der Waals surface area contributed by atoms with Crippen LogP contribution >= 0.6 is 15.9 Å². The molecule has 1 aromatic heterocycles. The summed E-state index contributed by atoms with van der Waals surface area (Å²) in [7, 11) is 0. The molecule has 0 amide bonds. The average Bonchev–Trinajstić information content (AvgIpc) is 2.79. The Morgan fingerprint density at radius 3 is 2.52 bits per heavy atom. The molecule has 1 unspecified atom stereocenters. The largest absolute Gasteiger partial charge is 0.487 e. The lowest BCUT2D eigenvalue weighted by Crippen LogP contribution is -2.06. The molecular weight excluding hydrogens is 332 g/mol. The molecule has 4 nitrogen and oxygen atoms in total. The predicted molar refractivity (Wildman–Crippen MR) is 86.4 cm³/mol. The molecule has 0 aliphatic rings. The van der Waals surface area contributed by atoms with Crippen molar-refractivity contribution in [2.75, 3.05) is 0 Å². The summed E-state index contributed by atoms with van der Waals surface area (Å²) in [5.41, 5.74) is 2.92. The van der Waals surface area contributed by atoms with E-state index in [0.717, 1.165) is 33.7 Å². The van der Waals surface area contributed by atoms with Crippen molar-refractivity contribution < 1.29 is 9.84 Å². The van der Waals surface area contributed by atoms with Crippen LogP contribution in [0.4, 0.5) is 0 Å². The monoisotopic (exact) mass is 352 g/mol. The Bertz CT molecular complexity index is 593. The third-order valence-electron chi connectivity index (χ3n) is 3.48. The van der Waals surface area contributed by atoms with Gasteiger partial charge in [-0.05, 0) is 53.9 Å². The van der Waals surface area contributed by atoms with Gasteiger partial charge in [-0.3, -0.25) is 4.68 Å². The maximum Gasteiger partial charge on any atom is 0.131 e. The molecule has 0 aliphatic carbocycles. The maximum absolute atomic E-state index is 9.78. The molecule has 5 heteroatoms. The molecule has 1 aromatic carbocycles. The van der Waals surface area contributed by atoms with Gasteiger partial charge in [0.05, 0.1) is 22.0 Å². The van der Waals surface area contributed by atoms with E-state index in [-0.39, 0.29) is 0 Å². The number of aromatic nitrogens is 2. The van der Waals surface area contributed by atoms with E-state index in [4.69, 9.17) is 4.74 Å². The predicted octanol–water partition coefficient (Wildman–Crippen LogP) is 4.00. The van der Waals surface area contributed by atoms with Gasteiger partial charge in [-0.2, -0.15) is 5.10 Å². The Morgan fingerprint density at radius 2 is 1.95 bits per heavy atom. The minimum absolute atomic E-state index is 0.405. The normalized spacial score (nSPS) is 12.4. The topological polar surface area (TPSA) is 47.3 Å². The van der Waals surface area contributed by atoms with E-state index in [9.17, 15) is 5.11 Å². The molecule has 1 atom stereocenters. The summed E-state index contributed by atoms with van der Waals surface area (Å²) in [5, 5.41) is 14.2. The van der Waals surface area contributed by atoms with Gasteiger partial charge < -0.3 is 9.84 Å². The summed E-state index contributed by atoms with van der Waals surface area (Å²) >= 11 is 3.56. The molecule has 2 rings (SSSR count). The average molecular weight is 353 g/mol. The second-order valence-electron chi connectivity index (χ2n) is 4.94. The first-order valence-corrected chi connectivity index (χ1v) is 7.98. The van der Waals surface area contributed by atoms with Crippen LogP contribution in [0.5, 0.6) is 5.75 Å². The standard InChI is InChI=1S/C16H21BrN2O2/c1-4-15(20)12-6-8-13(9-7-12)21-10-14-16(17)11(3)18-19(14)5-2/h6-9,15,20H,4-5,10H2,1-3H3. The zero-order chi connectivity index (χ0) is 15.4. The van der Waals surface area contributed by atoms with Crippen molar-refractivity contribution in [3.05, 3.63) is 45.7 Å². The van der Waals surface area contributed by atoms with Gasteiger partial charge in [-0.1, -0.05) is 19.1 Å². The van der Waals surface area contributed by atoms with Gasteiger partial charge >= 0.3 is 0 Å². The number of aryl methyl sites for hydroxylation is 2. The maximum atomic E-state index is 9.78. The lowest BCUT2D eigenvalue weighted by atomic mass is 10.1. The van der Waals surface area contributed by atoms with Crippen molar-refractivity contribution in [2.45, 2.75) is 46.4 Å². The van der Waals surface area contributed by atoms with Gasteiger partial charge in [0, 0.05) is 6.54 Å². The van der Waals surface area contributed by atoms with E-state index < -0.39 is 6.10 Å². The molecule has 21 heavy (non-hydrogen) atoms. The number of hydrogen-bond donors (Lipinski definition) is 1. The van der Waals surface area contributed by atoms with Crippen LogP contribution in [-0.2, 0) is 13.2 Å². The van der Waals surface area contributed by atoms with Crippen LogP contribution < -0.4 is 4.74 Å². The minimum Gasteiger partial charge on any atom is -0.487 e. The fourth-order valence-electron chi connectivity index (χ4n) is 2.18. The molecule has 1 N–H and O–H groups in total. The number of aliphatic hydroxyl groups excluding tert-OH is 1. The highest BCUT2D eigenvalue weighted by atomic mass is 79.9. The molecule has 0 saturated carbocycles. The zero-order valence-electron chi connectivity index (χ0n) is 12.6. The summed E-state index contributed by atoms with van der Waals surface area (Å²) in [6.07, 6.45) is 0.305. The minimum atomic E-state index is -0.405. The third-order valence-corrected chi connectivity index (χ3v) is 4.51. The van der Waals surface area contributed by atoms with Crippen molar-refractivity contribution in [3.8, 4) is 5.75 Å². The molecule has 0 bridgehead atoms. The van der Waals surface area contributed by atoms with E-state index >= 15 is 0 Å². The number of rotatable bonds is 6. The highest BCUT2D eigenvalue weighted by Gasteiger charge is 2.12. The molecule has 0 spiro atoms. The molecule has 0 saturated heterocycles. The van der Waals surface area contributed by atoms with Crippen LogP contribution in [0.3, 0.4) is 0 Å². The van der Waals surface area contributed by atoms with E-state index in [2.05, 4.69) is 28.0 Å². The second-order valence-corrected chi connectivity index (χ2v) is 5.74. The quantitative estimate of drug-likeness (QED) is 0.854. The molecule has 0 radical (unpaired) electrons. The summed E-state index contributed by atoms with van der Waals surface area (Å²) in [5.74, 6) is 0.787. The smallest absolute Gasteiger partial charge is 0.131 e. The first-order valence-electron chi connectivity index (χ1n) is 7.19. The number of ether oxygens (including phenoxy) is 1. The van der Waals surface area contributed by atoms with Gasteiger partial charge in [0.25, 0.3) is 0 Å². The van der Waals surface area contributed by atoms with Crippen LogP contribution in [-0.4, -0.2) is 14.9 Å². The van der Waals surface area contributed by atoms with E-state index in [1.165, 1.54) is 0 Å². The lowest BCUT2D eigenvalue weighted by Gasteiger charge is -2.11. The van der Waals surface area contributed by atoms with Gasteiger partial charge in [0.15, 0.2) is 0 Å². The summed E-state index contributed by atoms with van der Waals surface area (Å²) in [6, 6.07) is 7.59. The fourth-order valence-corrected chi connectivity index (χ4v) is 2.58. The Kier molecular flexibility index (Phi) is 5.42. The van der Waals surface area contributed by atoms with E-state index in [1.807, 2.05) is 42.8 Å². The summed E-state index contributed by atoms with van der Waals surface area (Å²) < 4.78 is 8.77. The molecular formula is C16H21BrN2O2. The van der Waals surface area contributed by atoms with Crippen LogP contribution in [0.1, 0.15) is 43.3 Å². The van der Waals surface area contributed by atoms with Crippen LogP contribution in [0, 0.1) is 6.92 Å². The van der Waals surface area contributed by atoms with Crippen molar-refractivity contribution in [2.24, 2.45) is 0 Å². The van der Waals surface area contributed by atoms with Gasteiger partial charge in [-0.25, -0.2) is 0 Å². The van der Waals surface area contributed by atoms with Crippen molar-refractivity contribution in [1.29, 1.82) is 0 Å². The fraction of sp³-hybridized carbons (Fsp3) is 0.438. The molecule has 0 aliphatic heterocycles. The second kappa shape index (κ2) is 7.09. The van der Waals surface area contributed by atoms with Crippen LogP contribution in [0.15, 0.2) is 28.7 Å². The number of aliphatic hydroxyl groups is 1. The van der Waals surface area contributed by atoms with Gasteiger partial charge in [-0.15, -0.1) is 0 Å². The third kappa shape index (κ3) is 3.66. The van der Waals surface area contributed by atoms with Crippen molar-refractivity contribution in [1.82, 2.24) is 9.78 Å². The summed E-state index contributed by atoms with van der Waals surface area (Å²) in [4.78, 5) is 0. The Hall–Kier alpha value is -1.33. The molecule has 2 aromatic rings. The first-order chi connectivity index (χ1) is 10.1. The first kappa shape index (κ1) is 16.0. The Morgan fingerprint density at radius 1 is 1.29 bits per heavy atom. The van der Waals surface area contributed by atoms with E-state index in [1.54, 1.807) is 0 Å². The van der Waals surface area contributed by atoms with Crippen LogP contribution in [0.2, 0.25) is 0 Å². The zero-order valence-corrected chi connectivity index (χ0v) is 14.2. The molecule has 0 fully saturated rings. The number of nitrogens with zero attached hydrogens (tertiary/aromatic N) is 2.